The molecule has 0 saturated carbocycles. The molecule has 2 amide bonds. The second-order valence-corrected chi connectivity index (χ2v) is 7.03. The van der Waals surface area contributed by atoms with Crippen LogP contribution in [-0.4, -0.2) is 45.4 Å². The summed E-state index contributed by atoms with van der Waals surface area (Å²) < 4.78 is 21.1. The Kier molecular flexibility index (Phi) is 6.67. The molecule has 0 radical (unpaired) electrons. The topological polar surface area (TPSA) is 86.3 Å². The van der Waals surface area contributed by atoms with Crippen LogP contribution in [-0.2, 0) is 9.59 Å². The van der Waals surface area contributed by atoms with Crippen LogP contribution in [0.4, 0.5) is 5.69 Å². The fraction of sp³-hybridized carbons (Fsp3) is 0.190. The van der Waals surface area contributed by atoms with Crippen molar-refractivity contribution in [1.29, 1.82) is 0 Å². The van der Waals surface area contributed by atoms with Gasteiger partial charge in [-0.3, -0.25) is 14.9 Å². The zero-order valence-corrected chi connectivity index (χ0v) is 18.7. The van der Waals surface area contributed by atoms with Crippen LogP contribution in [0.15, 0.2) is 35.9 Å². The highest BCUT2D eigenvalue weighted by atomic mass is 35.5. The minimum absolute atomic E-state index is 0.0686. The number of nitrogens with zero attached hydrogens (tertiary/aromatic N) is 1. The van der Waals surface area contributed by atoms with Gasteiger partial charge in [-0.15, -0.1) is 0 Å². The predicted molar refractivity (Wildman–Crippen MR) is 120 cm³/mol. The number of nitrogens with one attached hydrogen (secondary N) is 1. The van der Waals surface area contributed by atoms with Gasteiger partial charge in [0, 0.05) is 6.07 Å². The van der Waals surface area contributed by atoms with E-state index in [1.165, 1.54) is 39.4 Å². The molecule has 1 fully saturated rings. The molecule has 3 rings (SSSR count). The van der Waals surface area contributed by atoms with Crippen molar-refractivity contribution in [3.8, 4) is 23.0 Å². The third-order valence-corrected chi connectivity index (χ3v) is 5.06. The lowest BCUT2D eigenvalue weighted by Crippen LogP contribution is -2.54. The molecule has 0 bridgehead atoms. The fourth-order valence-corrected chi connectivity index (χ4v) is 3.60. The Bertz CT molecular complexity index is 1100. The lowest BCUT2D eigenvalue weighted by molar-refractivity contribution is -0.122. The number of rotatable bonds is 6. The van der Waals surface area contributed by atoms with Crippen LogP contribution in [0.25, 0.3) is 6.08 Å². The number of thiocarbonyl (C=S) groups is 1. The van der Waals surface area contributed by atoms with Crippen molar-refractivity contribution in [1.82, 2.24) is 5.32 Å². The second-order valence-electron chi connectivity index (χ2n) is 6.23. The van der Waals surface area contributed by atoms with Gasteiger partial charge in [0.2, 0.25) is 0 Å². The first-order valence-corrected chi connectivity index (χ1v) is 9.68. The van der Waals surface area contributed by atoms with Crippen LogP contribution in [0.2, 0.25) is 5.02 Å². The van der Waals surface area contributed by atoms with Crippen LogP contribution in [0.5, 0.6) is 23.0 Å². The largest absolute Gasteiger partial charge is 0.497 e. The summed E-state index contributed by atoms with van der Waals surface area (Å²) in [4.78, 5) is 27.0. The molecule has 0 unspecified atom stereocenters. The molecular formula is C21H19ClN2O6S. The number of carbonyl (C=O) groups excluding carboxylic acids is 2. The molecule has 8 nitrogen and oxygen atoms in total. The average molecular weight is 463 g/mol. The molecule has 1 saturated heterocycles. The smallest absolute Gasteiger partial charge is 0.270 e. The van der Waals surface area contributed by atoms with Gasteiger partial charge in [0.1, 0.15) is 17.1 Å². The van der Waals surface area contributed by atoms with Crippen LogP contribution < -0.4 is 29.2 Å². The fourth-order valence-electron chi connectivity index (χ4n) is 3.03. The van der Waals surface area contributed by atoms with Crippen molar-refractivity contribution in [2.24, 2.45) is 0 Å². The molecular weight excluding hydrogens is 444 g/mol. The molecule has 2 aromatic carbocycles. The van der Waals surface area contributed by atoms with Gasteiger partial charge in [-0.1, -0.05) is 11.6 Å². The molecule has 0 aliphatic carbocycles. The monoisotopic (exact) mass is 462 g/mol. The van der Waals surface area contributed by atoms with Crippen molar-refractivity contribution in [2.75, 3.05) is 33.3 Å². The van der Waals surface area contributed by atoms with E-state index in [4.69, 9.17) is 42.8 Å². The number of anilines is 1. The van der Waals surface area contributed by atoms with E-state index in [9.17, 15) is 9.59 Å². The number of halogens is 1. The van der Waals surface area contributed by atoms with E-state index in [1.807, 2.05) is 0 Å². The average Bonchev–Trinajstić information content (AvgIpc) is 2.76. The van der Waals surface area contributed by atoms with E-state index in [2.05, 4.69) is 5.32 Å². The van der Waals surface area contributed by atoms with E-state index in [0.29, 0.717) is 34.2 Å². The third kappa shape index (κ3) is 4.28. The van der Waals surface area contributed by atoms with Gasteiger partial charge in [-0.05, 0) is 48.1 Å². The summed E-state index contributed by atoms with van der Waals surface area (Å²) in [5.74, 6) is 0.328. The lowest BCUT2D eigenvalue weighted by Gasteiger charge is -2.30. The van der Waals surface area contributed by atoms with Crippen molar-refractivity contribution in [2.45, 2.75) is 0 Å². The van der Waals surface area contributed by atoms with Gasteiger partial charge in [0.25, 0.3) is 11.8 Å². The molecule has 1 N–H and O–H groups in total. The van der Waals surface area contributed by atoms with Crippen LogP contribution in [0.1, 0.15) is 5.56 Å². The summed E-state index contributed by atoms with van der Waals surface area (Å²) in [5, 5.41) is 2.72. The maximum atomic E-state index is 13.3. The predicted octanol–water partition coefficient (Wildman–Crippen LogP) is 3.21. The Morgan fingerprint density at radius 2 is 1.68 bits per heavy atom. The second kappa shape index (κ2) is 9.23. The number of hydrogen-bond acceptors (Lipinski definition) is 7. The number of benzene rings is 2. The van der Waals surface area contributed by atoms with Gasteiger partial charge in [-0.2, -0.15) is 0 Å². The van der Waals surface area contributed by atoms with Crippen LogP contribution in [0.3, 0.4) is 0 Å². The van der Waals surface area contributed by atoms with Crippen molar-refractivity contribution < 1.29 is 28.5 Å². The summed E-state index contributed by atoms with van der Waals surface area (Å²) in [5.41, 5.74) is 0.680. The summed E-state index contributed by atoms with van der Waals surface area (Å²) in [7, 11) is 5.89. The zero-order chi connectivity index (χ0) is 22.7. The Hall–Kier alpha value is -3.30. The molecule has 1 heterocycles. The minimum Gasteiger partial charge on any atom is -0.497 e. The summed E-state index contributed by atoms with van der Waals surface area (Å²) in [6.45, 7) is 0. The molecule has 2 aromatic rings. The maximum Gasteiger partial charge on any atom is 0.270 e. The number of ether oxygens (including phenoxy) is 4. The van der Waals surface area contributed by atoms with E-state index in [0.717, 1.165) is 0 Å². The van der Waals surface area contributed by atoms with E-state index in [-0.39, 0.29) is 15.7 Å². The maximum absolute atomic E-state index is 13.3. The molecule has 0 aromatic heterocycles. The highest BCUT2D eigenvalue weighted by molar-refractivity contribution is 7.80. The Balaban J connectivity index is 2.08. The zero-order valence-electron chi connectivity index (χ0n) is 17.1. The van der Waals surface area contributed by atoms with E-state index in [1.54, 1.807) is 30.3 Å². The number of methoxy groups -OCH3 is 4. The van der Waals surface area contributed by atoms with E-state index < -0.39 is 11.8 Å². The van der Waals surface area contributed by atoms with Crippen molar-refractivity contribution in [3.63, 3.8) is 0 Å². The summed E-state index contributed by atoms with van der Waals surface area (Å²) >= 11 is 11.5. The first-order chi connectivity index (χ1) is 14.8. The highest BCUT2D eigenvalue weighted by Gasteiger charge is 2.36. The molecule has 0 atom stereocenters. The first-order valence-electron chi connectivity index (χ1n) is 8.89. The molecule has 31 heavy (non-hydrogen) atoms. The van der Waals surface area contributed by atoms with Crippen molar-refractivity contribution in [3.05, 3.63) is 46.5 Å². The Morgan fingerprint density at radius 1 is 0.968 bits per heavy atom. The third-order valence-electron chi connectivity index (χ3n) is 4.50. The number of hydrogen-bond donors (Lipinski definition) is 1. The highest BCUT2D eigenvalue weighted by Crippen LogP contribution is 2.37. The first kappa shape index (κ1) is 22.4. The van der Waals surface area contributed by atoms with Crippen LogP contribution >= 0.6 is 23.8 Å². The SMILES string of the molecule is COc1ccc(N2C(=O)/C(=C/c3cc(Cl)c(OC)c(OC)c3)C(=O)NC2=S)c(OC)c1. The van der Waals surface area contributed by atoms with Gasteiger partial charge in [-0.25, -0.2) is 4.90 Å². The molecule has 1 aliphatic heterocycles. The van der Waals surface area contributed by atoms with Gasteiger partial charge in [0.15, 0.2) is 16.6 Å². The molecule has 1 aliphatic rings. The number of carbonyl (C=O) groups is 2. The molecule has 0 spiro atoms. The summed E-state index contributed by atoms with van der Waals surface area (Å²) in [6.07, 6.45) is 1.40. The summed E-state index contributed by atoms with van der Waals surface area (Å²) in [6, 6.07) is 8.04. The molecule has 10 heteroatoms. The van der Waals surface area contributed by atoms with Crippen molar-refractivity contribution >= 4 is 52.5 Å². The van der Waals surface area contributed by atoms with Gasteiger partial charge >= 0.3 is 0 Å². The van der Waals surface area contributed by atoms with E-state index >= 15 is 0 Å². The van der Waals surface area contributed by atoms with Gasteiger partial charge in [0.05, 0.1) is 39.1 Å². The van der Waals surface area contributed by atoms with Gasteiger partial charge < -0.3 is 18.9 Å². The molecule has 162 valence electrons. The quantitative estimate of drug-likeness (QED) is 0.400. The lowest BCUT2D eigenvalue weighted by atomic mass is 10.1. The Morgan fingerprint density at radius 3 is 2.29 bits per heavy atom. The minimum atomic E-state index is -0.635. The standard InChI is InChI=1S/C21H19ClN2O6S/c1-27-12-5-6-15(16(10-12)28-2)24-20(26)13(19(25)23-21(24)31)7-11-8-14(22)18(30-4)17(9-11)29-3/h5-10H,1-4H3,(H,23,25,31)/b13-7+. The Labute approximate surface area is 189 Å². The normalized spacial score (nSPS) is 15.1. The van der Waals surface area contributed by atoms with Crippen LogP contribution in [0, 0.1) is 0 Å². The number of amides is 2.